The molecule has 112 valence electrons. The highest BCUT2D eigenvalue weighted by Gasteiger charge is 2.12. The number of hydrogen-bond acceptors (Lipinski definition) is 3. The van der Waals surface area contributed by atoms with Gasteiger partial charge in [-0.3, -0.25) is 9.36 Å². The zero-order chi connectivity index (χ0) is 15.9. The van der Waals surface area contributed by atoms with E-state index in [1.165, 1.54) is 26.0 Å². The van der Waals surface area contributed by atoms with Gasteiger partial charge >= 0.3 is 11.2 Å². The van der Waals surface area contributed by atoms with E-state index in [2.05, 4.69) is 11.7 Å². The Balaban J connectivity index is 2.24. The maximum atomic E-state index is 12.6. The van der Waals surface area contributed by atoms with Crippen molar-refractivity contribution in [3.05, 3.63) is 74.7 Å². The SMILES string of the molecule is C=C(C)Cn1nc2c(=O)n(-c3cccc(Cl)c3)ccn2c1=O. The van der Waals surface area contributed by atoms with Crippen molar-refractivity contribution in [3.8, 4) is 5.69 Å². The Morgan fingerprint density at radius 2 is 2.09 bits per heavy atom. The third kappa shape index (κ3) is 2.37. The van der Waals surface area contributed by atoms with E-state index in [1.54, 1.807) is 31.2 Å². The van der Waals surface area contributed by atoms with Gasteiger partial charge in [0.15, 0.2) is 0 Å². The lowest BCUT2D eigenvalue weighted by Crippen LogP contribution is -2.24. The van der Waals surface area contributed by atoms with Crippen molar-refractivity contribution in [2.75, 3.05) is 0 Å². The fourth-order valence-corrected chi connectivity index (χ4v) is 2.38. The molecule has 0 atom stereocenters. The lowest BCUT2D eigenvalue weighted by Gasteiger charge is -2.05. The molecule has 0 radical (unpaired) electrons. The van der Waals surface area contributed by atoms with Crippen molar-refractivity contribution in [2.24, 2.45) is 0 Å². The summed E-state index contributed by atoms with van der Waals surface area (Å²) in [7, 11) is 0. The molecule has 0 amide bonds. The summed E-state index contributed by atoms with van der Waals surface area (Å²) in [6.07, 6.45) is 3.04. The Bertz CT molecular complexity index is 997. The maximum Gasteiger partial charge on any atom is 0.350 e. The molecular weight excluding hydrogens is 304 g/mol. The van der Waals surface area contributed by atoms with E-state index in [4.69, 9.17) is 11.6 Å². The average Bonchev–Trinajstić information content (AvgIpc) is 2.77. The van der Waals surface area contributed by atoms with Crippen LogP contribution >= 0.6 is 11.6 Å². The Morgan fingerprint density at radius 3 is 2.77 bits per heavy atom. The van der Waals surface area contributed by atoms with Crippen molar-refractivity contribution in [1.29, 1.82) is 0 Å². The van der Waals surface area contributed by atoms with Gasteiger partial charge in [0.05, 0.1) is 12.2 Å². The molecule has 7 heteroatoms. The summed E-state index contributed by atoms with van der Waals surface area (Å²) in [5.41, 5.74) is 0.701. The summed E-state index contributed by atoms with van der Waals surface area (Å²) in [4.78, 5) is 24.7. The highest BCUT2D eigenvalue weighted by molar-refractivity contribution is 6.30. The van der Waals surface area contributed by atoms with E-state index < -0.39 is 0 Å². The van der Waals surface area contributed by atoms with Crippen LogP contribution in [0.1, 0.15) is 6.92 Å². The second-order valence-corrected chi connectivity index (χ2v) is 5.48. The summed E-state index contributed by atoms with van der Waals surface area (Å²) in [6, 6.07) is 6.90. The minimum atomic E-state index is -0.387. The molecule has 22 heavy (non-hydrogen) atoms. The summed E-state index contributed by atoms with van der Waals surface area (Å²) in [5, 5.41) is 4.62. The molecule has 0 aliphatic carbocycles. The Hall–Kier alpha value is -2.60. The van der Waals surface area contributed by atoms with Crippen LogP contribution in [-0.4, -0.2) is 18.7 Å². The smallest absolute Gasteiger partial charge is 0.280 e. The first-order valence-corrected chi connectivity index (χ1v) is 6.96. The van der Waals surface area contributed by atoms with E-state index in [9.17, 15) is 9.59 Å². The van der Waals surface area contributed by atoms with Crippen LogP contribution in [0.4, 0.5) is 0 Å². The van der Waals surface area contributed by atoms with Crippen LogP contribution in [0.25, 0.3) is 11.3 Å². The molecule has 0 unspecified atom stereocenters. The zero-order valence-electron chi connectivity index (χ0n) is 11.9. The van der Waals surface area contributed by atoms with Crippen LogP contribution in [-0.2, 0) is 6.54 Å². The van der Waals surface area contributed by atoms with Gasteiger partial charge in [-0.15, -0.1) is 5.10 Å². The van der Waals surface area contributed by atoms with Gasteiger partial charge in [-0.2, -0.15) is 0 Å². The lowest BCUT2D eigenvalue weighted by atomic mass is 10.3. The molecule has 0 fully saturated rings. The number of rotatable bonds is 3. The first kappa shape index (κ1) is 14.3. The van der Waals surface area contributed by atoms with E-state index in [1.807, 2.05) is 0 Å². The fraction of sp³-hybridized carbons (Fsp3) is 0.133. The molecule has 2 aromatic heterocycles. The van der Waals surface area contributed by atoms with Gasteiger partial charge in [-0.1, -0.05) is 29.8 Å². The van der Waals surface area contributed by atoms with Gasteiger partial charge in [0.2, 0.25) is 5.65 Å². The Kier molecular flexibility index (Phi) is 3.46. The number of nitrogens with zero attached hydrogens (tertiary/aromatic N) is 4. The number of aromatic nitrogens is 4. The molecular formula is C15H13ClN4O2. The quantitative estimate of drug-likeness (QED) is 0.693. The third-order valence-electron chi connectivity index (χ3n) is 3.15. The molecule has 0 N–H and O–H groups in total. The predicted octanol–water partition coefficient (Wildman–Crippen LogP) is 1.88. The van der Waals surface area contributed by atoms with Crippen molar-refractivity contribution in [1.82, 2.24) is 18.7 Å². The van der Waals surface area contributed by atoms with Gasteiger partial charge in [-0.25, -0.2) is 13.9 Å². The molecule has 0 saturated heterocycles. The minimum absolute atomic E-state index is 0.0636. The highest BCUT2D eigenvalue weighted by Crippen LogP contribution is 2.13. The molecule has 0 aliphatic heterocycles. The molecule has 1 aromatic carbocycles. The topological polar surface area (TPSA) is 61.3 Å². The van der Waals surface area contributed by atoms with Crippen LogP contribution in [0.5, 0.6) is 0 Å². The minimum Gasteiger partial charge on any atom is -0.280 e. The molecule has 0 bridgehead atoms. The predicted molar refractivity (Wildman–Crippen MR) is 84.9 cm³/mol. The molecule has 6 nitrogen and oxygen atoms in total. The summed E-state index contributed by atoms with van der Waals surface area (Å²) in [6.45, 7) is 5.82. The lowest BCUT2D eigenvalue weighted by molar-refractivity contribution is 0.651. The molecule has 2 heterocycles. The Morgan fingerprint density at radius 1 is 1.32 bits per heavy atom. The number of fused-ring (bicyclic) bond motifs is 1. The van der Waals surface area contributed by atoms with Crippen LogP contribution in [0.3, 0.4) is 0 Å². The third-order valence-corrected chi connectivity index (χ3v) is 3.39. The van der Waals surface area contributed by atoms with Gasteiger partial charge in [0.25, 0.3) is 0 Å². The molecule has 0 saturated carbocycles. The zero-order valence-corrected chi connectivity index (χ0v) is 12.6. The van der Waals surface area contributed by atoms with Crippen LogP contribution in [0, 0.1) is 0 Å². The second kappa shape index (κ2) is 5.31. The Labute approximate surface area is 130 Å². The number of benzene rings is 1. The molecule has 0 spiro atoms. The summed E-state index contributed by atoms with van der Waals surface area (Å²) in [5.74, 6) is 0. The molecule has 0 aliphatic rings. The van der Waals surface area contributed by atoms with Crippen molar-refractivity contribution >= 4 is 17.2 Å². The monoisotopic (exact) mass is 316 g/mol. The number of allylic oxidation sites excluding steroid dienone is 1. The van der Waals surface area contributed by atoms with Crippen LogP contribution in [0.2, 0.25) is 5.02 Å². The van der Waals surface area contributed by atoms with Crippen LogP contribution in [0.15, 0.2) is 58.4 Å². The largest absolute Gasteiger partial charge is 0.350 e. The summed E-state index contributed by atoms with van der Waals surface area (Å²) < 4.78 is 3.85. The number of halogens is 1. The van der Waals surface area contributed by atoms with Gasteiger partial charge in [0.1, 0.15) is 0 Å². The van der Waals surface area contributed by atoms with Gasteiger partial charge < -0.3 is 0 Å². The van der Waals surface area contributed by atoms with Crippen molar-refractivity contribution < 1.29 is 0 Å². The average molecular weight is 317 g/mol. The van der Waals surface area contributed by atoms with Crippen LogP contribution < -0.4 is 11.2 Å². The van der Waals surface area contributed by atoms with Gasteiger partial charge in [-0.05, 0) is 25.1 Å². The van der Waals surface area contributed by atoms with Crippen molar-refractivity contribution in [2.45, 2.75) is 13.5 Å². The van der Waals surface area contributed by atoms with Crippen molar-refractivity contribution in [3.63, 3.8) is 0 Å². The second-order valence-electron chi connectivity index (χ2n) is 5.04. The fourth-order valence-electron chi connectivity index (χ4n) is 2.20. The highest BCUT2D eigenvalue weighted by atomic mass is 35.5. The van der Waals surface area contributed by atoms with E-state index in [-0.39, 0.29) is 23.4 Å². The number of hydrogen-bond donors (Lipinski definition) is 0. The summed E-state index contributed by atoms with van der Waals surface area (Å²) >= 11 is 5.95. The maximum absolute atomic E-state index is 12.6. The van der Waals surface area contributed by atoms with E-state index in [0.29, 0.717) is 10.7 Å². The standard InChI is InChI=1S/C15H13ClN4O2/c1-10(2)9-20-15(22)19-7-6-18(14(21)13(19)17-20)12-5-3-4-11(16)8-12/h3-8H,1,9H2,2H3. The molecule has 3 rings (SSSR count). The normalized spacial score (nSPS) is 11.0. The van der Waals surface area contributed by atoms with Gasteiger partial charge in [0, 0.05) is 17.4 Å². The molecule has 3 aromatic rings. The first-order valence-electron chi connectivity index (χ1n) is 6.58. The van der Waals surface area contributed by atoms with E-state index >= 15 is 0 Å². The first-order chi connectivity index (χ1) is 10.5. The van der Waals surface area contributed by atoms with E-state index in [0.717, 1.165) is 5.57 Å².